The van der Waals surface area contributed by atoms with Gasteiger partial charge in [-0.05, 0) is 12.8 Å². The summed E-state index contributed by atoms with van der Waals surface area (Å²) in [6, 6.07) is -0.889. The van der Waals surface area contributed by atoms with Gasteiger partial charge in [-0.1, -0.05) is 0 Å². The van der Waals surface area contributed by atoms with Crippen LogP contribution in [0.3, 0.4) is 0 Å². The molecule has 2 aliphatic heterocycles. The third kappa shape index (κ3) is 2.58. The summed E-state index contributed by atoms with van der Waals surface area (Å²) < 4.78 is 5.23. The van der Waals surface area contributed by atoms with Crippen LogP contribution in [0.15, 0.2) is 0 Å². The Morgan fingerprint density at radius 1 is 1.35 bits per heavy atom. The summed E-state index contributed by atoms with van der Waals surface area (Å²) in [6.45, 7) is 1.14. The van der Waals surface area contributed by atoms with Crippen LogP contribution >= 0.6 is 0 Å². The van der Waals surface area contributed by atoms with E-state index in [1.54, 1.807) is 0 Å². The van der Waals surface area contributed by atoms with Gasteiger partial charge in [-0.2, -0.15) is 0 Å². The third-order valence-corrected chi connectivity index (χ3v) is 3.36. The number of ether oxygens (including phenoxy) is 1. The highest BCUT2D eigenvalue weighted by molar-refractivity contribution is 5.86. The molecule has 0 aromatic rings. The van der Waals surface area contributed by atoms with Crippen molar-refractivity contribution in [2.45, 2.75) is 31.4 Å². The first-order chi connectivity index (χ1) is 8.09. The number of amides is 1. The quantitative estimate of drug-likeness (QED) is 0.680. The van der Waals surface area contributed by atoms with Crippen LogP contribution in [-0.4, -0.2) is 58.9 Å². The number of nitrogens with zero attached hydrogens (tertiary/aromatic N) is 1. The van der Waals surface area contributed by atoms with E-state index < -0.39 is 18.1 Å². The lowest BCUT2D eigenvalue weighted by Crippen LogP contribution is -2.45. The lowest BCUT2D eigenvalue weighted by molar-refractivity contribution is -0.151. The minimum absolute atomic E-state index is 0.117. The van der Waals surface area contributed by atoms with Crippen molar-refractivity contribution in [3.05, 3.63) is 0 Å². The maximum Gasteiger partial charge on any atom is 0.326 e. The summed E-state index contributed by atoms with van der Waals surface area (Å²) >= 11 is 0. The largest absolute Gasteiger partial charge is 0.480 e. The number of aliphatic hydroxyl groups is 1. The Hall–Kier alpha value is -1.14. The van der Waals surface area contributed by atoms with Gasteiger partial charge in [0.1, 0.15) is 6.04 Å². The summed E-state index contributed by atoms with van der Waals surface area (Å²) in [4.78, 5) is 24.4. The molecule has 6 heteroatoms. The van der Waals surface area contributed by atoms with Crippen molar-refractivity contribution >= 4 is 11.9 Å². The summed E-state index contributed by atoms with van der Waals surface area (Å²) in [6.07, 6.45) is 0.946. The first-order valence-corrected chi connectivity index (χ1v) is 5.88. The number of carboxylic acids is 1. The molecule has 0 bridgehead atoms. The Morgan fingerprint density at radius 3 is 2.71 bits per heavy atom. The molecule has 0 spiro atoms. The molecule has 3 atom stereocenters. The van der Waals surface area contributed by atoms with Gasteiger partial charge < -0.3 is 19.8 Å². The van der Waals surface area contributed by atoms with Crippen molar-refractivity contribution in [1.29, 1.82) is 0 Å². The van der Waals surface area contributed by atoms with Crippen LogP contribution < -0.4 is 0 Å². The molecule has 2 saturated heterocycles. The lowest BCUT2D eigenvalue weighted by atomic mass is 10.0. The zero-order valence-electron chi connectivity index (χ0n) is 9.54. The number of carbonyl (C=O) groups is 2. The van der Waals surface area contributed by atoms with Crippen molar-refractivity contribution < 1.29 is 24.5 Å². The fourth-order valence-electron chi connectivity index (χ4n) is 2.46. The van der Waals surface area contributed by atoms with E-state index in [4.69, 9.17) is 9.84 Å². The summed E-state index contributed by atoms with van der Waals surface area (Å²) in [5, 5.41) is 18.5. The Morgan fingerprint density at radius 2 is 2.12 bits per heavy atom. The first kappa shape index (κ1) is 12.3. The first-order valence-electron chi connectivity index (χ1n) is 5.88. The number of aliphatic carboxylic acids is 1. The standard InChI is InChI=1S/C11H17NO5/c13-8-4-9(11(15)16)12(5-8)10(14)7-2-1-3-17-6-7/h7-9,13H,1-6H2,(H,15,16). The smallest absolute Gasteiger partial charge is 0.326 e. The highest BCUT2D eigenvalue weighted by Crippen LogP contribution is 2.24. The van der Waals surface area contributed by atoms with E-state index >= 15 is 0 Å². The molecule has 2 N–H and O–H groups in total. The molecule has 2 aliphatic rings. The number of aliphatic hydroxyl groups excluding tert-OH is 1. The molecule has 96 valence electrons. The van der Waals surface area contributed by atoms with Crippen molar-refractivity contribution in [3.63, 3.8) is 0 Å². The topological polar surface area (TPSA) is 87.1 Å². The van der Waals surface area contributed by atoms with Gasteiger partial charge in [0.15, 0.2) is 0 Å². The number of likely N-dealkylation sites (tertiary alicyclic amines) is 1. The van der Waals surface area contributed by atoms with Crippen LogP contribution in [-0.2, 0) is 14.3 Å². The second-order valence-corrected chi connectivity index (χ2v) is 4.65. The van der Waals surface area contributed by atoms with Crippen LogP contribution in [0.25, 0.3) is 0 Å². The maximum atomic E-state index is 12.1. The van der Waals surface area contributed by atoms with Crippen LogP contribution in [0.4, 0.5) is 0 Å². The van der Waals surface area contributed by atoms with Gasteiger partial charge in [0.25, 0.3) is 0 Å². The normalized spacial score (nSPS) is 33.7. The highest BCUT2D eigenvalue weighted by Gasteiger charge is 2.41. The second-order valence-electron chi connectivity index (χ2n) is 4.65. The fourth-order valence-corrected chi connectivity index (χ4v) is 2.46. The molecular formula is C11H17NO5. The van der Waals surface area contributed by atoms with Gasteiger partial charge in [0.2, 0.25) is 5.91 Å². The van der Waals surface area contributed by atoms with Crippen molar-refractivity contribution in [2.24, 2.45) is 5.92 Å². The zero-order valence-corrected chi connectivity index (χ0v) is 9.54. The van der Waals surface area contributed by atoms with E-state index in [2.05, 4.69) is 0 Å². The maximum absolute atomic E-state index is 12.1. The Balaban J connectivity index is 2.04. The molecule has 0 aliphatic carbocycles. The number of β-amino-alcohol motifs (C(OH)–C–C–N with tert-alkyl or cyclic N) is 1. The SMILES string of the molecule is O=C(O)C1CC(O)CN1C(=O)C1CCCOC1. The molecule has 0 aromatic heterocycles. The van der Waals surface area contributed by atoms with Crippen molar-refractivity contribution in [3.8, 4) is 0 Å². The predicted octanol–water partition coefficient (Wildman–Crippen LogP) is -0.541. The van der Waals surface area contributed by atoms with Crippen LogP contribution in [0, 0.1) is 5.92 Å². The lowest BCUT2D eigenvalue weighted by Gasteiger charge is -2.28. The van der Waals surface area contributed by atoms with Gasteiger partial charge >= 0.3 is 5.97 Å². The van der Waals surface area contributed by atoms with E-state index in [0.29, 0.717) is 13.2 Å². The minimum atomic E-state index is -1.05. The fraction of sp³-hybridized carbons (Fsp3) is 0.818. The molecule has 17 heavy (non-hydrogen) atoms. The predicted molar refractivity (Wildman–Crippen MR) is 57.3 cm³/mol. The minimum Gasteiger partial charge on any atom is -0.480 e. The molecule has 2 heterocycles. The van der Waals surface area contributed by atoms with Gasteiger partial charge in [0, 0.05) is 19.6 Å². The zero-order chi connectivity index (χ0) is 12.4. The number of hydrogen-bond donors (Lipinski definition) is 2. The number of carbonyl (C=O) groups excluding carboxylic acids is 1. The molecule has 3 unspecified atom stereocenters. The Kier molecular flexibility index (Phi) is 3.63. The van der Waals surface area contributed by atoms with Gasteiger partial charge in [0.05, 0.1) is 18.6 Å². The summed E-state index contributed by atoms with van der Waals surface area (Å²) in [5.74, 6) is -1.50. The van der Waals surface area contributed by atoms with Crippen LogP contribution in [0.5, 0.6) is 0 Å². The Bertz CT molecular complexity index is 313. The number of carboxylic acid groups (broad SMARTS) is 1. The Labute approximate surface area is 99.2 Å². The average molecular weight is 243 g/mol. The van der Waals surface area contributed by atoms with Crippen molar-refractivity contribution in [1.82, 2.24) is 4.90 Å². The van der Waals surface area contributed by atoms with E-state index in [-0.39, 0.29) is 24.8 Å². The molecule has 6 nitrogen and oxygen atoms in total. The molecule has 1 amide bonds. The monoisotopic (exact) mass is 243 g/mol. The van der Waals surface area contributed by atoms with Gasteiger partial charge in [-0.25, -0.2) is 4.79 Å². The van der Waals surface area contributed by atoms with E-state index in [1.165, 1.54) is 4.90 Å². The van der Waals surface area contributed by atoms with E-state index in [9.17, 15) is 14.7 Å². The third-order valence-electron chi connectivity index (χ3n) is 3.36. The summed E-state index contributed by atoms with van der Waals surface area (Å²) in [7, 11) is 0. The van der Waals surface area contributed by atoms with Crippen molar-refractivity contribution in [2.75, 3.05) is 19.8 Å². The molecule has 0 saturated carbocycles. The molecular weight excluding hydrogens is 226 g/mol. The molecule has 2 fully saturated rings. The number of hydrogen-bond acceptors (Lipinski definition) is 4. The molecule has 0 aromatic carbocycles. The van der Waals surface area contributed by atoms with E-state index in [1.807, 2.05) is 0 Å². The van der Waals surface area contributed by atoms with Crippen LogP contribution in [0.1, 0.15) is 19.3 Å². The summed E-state index contributed by atoms with van der Waals surface area (Å²) in [5.41, 5.74) is 0. The van der Waals surface area contributed by atoms with Gasteiger partial charge in [-0.3, -0.25) is 4.79 Å². The van der Waals surface area contributed by atoms with Gasteiger partial charge in [-0.15, -0.1) is 0 Å². The van der Waals surface area contributed by atoms with E-state index in [0.717, 1.165) is 12.8 Å². The number of rotatable bonds is 2. The highest BCUT2D eigenvalue weighted by atomic mass is 16.5. The second kappa shape index (κ2) is 5.01. The average Bonchev–Trinajstić information content (AvgIpc) is 2.72. The molecule has 2 rings (SSSR count). The van der Waals surface area contributed by atoms with Crippen LogP contribution in [0.2, 0.25) is 0 Å². The molecule has 0 radical (unpaired) electrons.